The average Bonchev–Trinajstić information content (AvgIpc) is 2.43. The SMILES string of the molecule is CC(CN(C)C)C(=O)N(C)c1cc[c]([Ge][O]OO)cc1. The summed E-state index contributed by atoms with van der Waals surface area (Å²) in [5, 5.41) is 11.7. The summed E-state index contributed by atoms with van der Waals surface area (Å²) < 4.78 is 5.51. The Morgan fingerprint density at radius 2 is 1.90 bits per heavy atom. The van der Waals surface area contributed by atoms with Crippen LogP contribution < -0.4 is 9.30 Å². The number of benzene rings is 1. The Bertz CT molecular complexity index is 425. The third-order valence-corrected chi connectivity index (χ3v) is 4.37. The van der Waals surface area contributed by atoms with Gasteiger partial charge in [0.25, 0.3) is 0 Å². The standard InChI is InChI=1S/C13H20GeN2O4/c1-10(9-15(2)3)13(17)16(4)12-7-5-11(6-8-12)14-19-20-18/h5-8,10,18H,9H2,1-4H3. The maximum atomic E-state index is 12.3. The van der Waals surface area contributed by atoms with Crippen molar-refractivity contribution in [2.45, 2.75) is 6.92 Å². The summed E-state index contributed by atoms with van der Waals surface area (Å²) in [6.45, 7) is 2.64. The van der Waals surface area contributed by atoms with Crippen molar-refractivity contribution in [3.8, 4) is 0 Å². The molecule has 20 heavy (non-hydrogen) atoms. The Morgan fingerprint density at radius 3 is 2.40 bits per heavy atom. The number of hydrogen-bond acceptors (Lipinski definition) is 5. The Morgan fingerprint density at radius 1 is 1.30 bits per heavy atom. The average molecular weight is 341 g/mol. The van der Waals surface area contributed by atoms with Gasteiger partial charge in [-0.3, -0.25) is 0 Å². The van der Waals surface area contributed by atoms with Crippen LogP contribution >= 0.6 is 0 Å². The van der Waals surface area contributed by atoms with Crippen LogP contribution in [0.15, 0.2) is 24.3 Å². The van der Waals surface area contributed by atoms with Crippen LogP contribution in [0, 0.1) is 5.92 Å². The minimum absolute atomic E-state index is 0.0609. The summed E-state index contributed by atoms with van der Waals surface area (Å²) in [7, 11) is 5.67. The van der Waals surface area contributed by atoms with Crippen LogP contribution in [-0.2, 0) is 13.7 Å². The molecule has 0 saturated carbocycles. The summed E-state index contributed by atoms with van der Waals surface area (Å²) in [5.41, 5.74) is 0.834. The normalized spacial score (nSPS) is 12.5. The van der Waals surface area contributed by atoms with Gasteiger partial charge >= 0.3 is 125 Å². The van der Waals surface area contributed by atoms with Gasteiger partial charge in [-0.25, -0.2) is 0 Å². The van der Waals surface area contributed by atoms with E-state index in [1.165, 1.54) is 0 Å². The number of amides is 1. The molecule has 0 fully saturated rings. The number of hydrogen-bond donors (Lipinski definition) is 1. The Hall–Kier alpha value is -0.927. The van der Waals surface area contributed by atoms with Crippen molar-refractivity contribution in [3.05, 3.63) is 24.3 Å². The van der Waals surface area contributed by atoms with Crippen molar-refractivity contribution in [2.24, 2.45) is 5.92 Å². The molecule has 1 atom stereocenters. The summed E-state index contributed by atoms with van der Waals surface area (Å²) in [6, 6.07) is 7.46. The number of nitrogens with zero attached hydrogens (tertiary/aromatic N) is 2. The van der Waals surface area contributed by atoms with Gasteiger partial charge < -0.3 is 0 Å². The second-order valence-electron chi connectivity index (χ2n) is 4.87. The van der Waals surface area contributed by atoms with Crippen molar-refractivity contribution in [1.29, 1.82) is 0 Å². The molecule has 0 aromatic heterocycles. The quantitative estimate of drug-likeness (QED) is 0.445. The van der Waals surface area contributed by atoms with Crippen LogP contribution in [0.1, 0.15) is 6.92 Å². The van der Waals surface area contributed by atoms with Gasteiger partial charge in [-0.15, -0.1) is 0 Å². The van der Waals surface area contributed by atoms with Crippen molar-refractivity contribution < 1.29 is 19.0 Å². The van der Waals surface area contributed by atoms with Gasteiger partial charge in [0, 0.05) is 0 Å². The van der Waals surface area contributed by atoms with Crippen molar-refractivity contribution in [1.82, 2.24) is 4.90 Å². The van der Waals surface area contributed by atoms with E-state index in [-0.39, 0.29) is 11.8 Å². The first-order chi connectivity index (χ1) is 9.45. The fourth-order valence-corrected chi connectivity index (χ4v) is 2.82. The third-order valence-electron chi connectivity index (χ3n) is 2.84. The van der Waals surface area contributed by atoms with Crippen LogP contribution in [0.4, 0.5) is 5.69 Å². The van der Waals surface area contributed by atoms with Crippen molar-refractivity contribution >= 4 is 31.8 Å². The van der Waals surface area contributed by atoms with E-state index < -0.39 is 15.8 Å². The zero-order valence-corrected chi connectivity index (χ0v) is 14.3. The number of anilines is 1. The molecule has 0 saturated heterocycles. The molecule has 1 N–H and O–H groups in total. The van der Waals surface area contributed by atoms with Gasteiger partial charge in [-0.05, 0) is 0 Å². The van der Waals surface area contributed by atoms with E-state index in [0.717, 1.165) is 16.6 Å². The molecule has 2 radical (unpaired) electrons. The second kappa shape index (κ2) is 8.38. The molecule has 1 aromatic rings. The molecule has 1 aromatic carbocycles. The van der Waals surface area contributed by atoms with Gasteiger partial charge in [-0.1, -0.05) is 0 Å². The van der Waals surface area contributed by atoms with E-state index in [0.29, 0.717) is 0 Å². The molecule has 6 nitrogen and oxygen atoms in total. The van der Waals surface area contributed by atoms with Crippen molar-refractivity contribution in [2.75, 3.05) is 32.6 Å². The predicted molar refractivity (Wildman–Crippen MR) is 77.8 cm³/mol. The van der Waals surface area contributed by atoms with Crippen LogP contribution in [0.5, 0.6) is 0 Å². The fraction of sp³-hybridized carbons (Fsp3) is 0.462. The molecule has 0 heterocycles. The second-order valence-corrected chi connectivity index (χ2v) is 6.86. The molecule has 1 unspecified atom stereocenters. The van der Waals surface area contributed by atoms with E-state index in [1.54, 1.807) is 11.9 Å². The molecule has 1 rings (SSSR count). The van der Waals surface area contributed by atoms with E-state index in [4.69, 9.17) is 5.26 Å². The topological polar surface area (TPSA) is 62.2 Å². The van der Waals surface area contributed by atoms with E-state index in [2.05, 4.69) is 8.95 Å². The Balaban J connectivity index is 2.66. The van der Waals surface area contributed by atoms with Gasteiger partial charge in [0.1, 0.15) is 0 Å². The van der Waals surface area contributed by atoms with Crippen LogP contribution in [-0.4, -0.2) is 59.5 Å². The number of carbonyl (C=O) groups is 1. The first-order valence-corrected chi connectivity index (χ1v) is 8.11. The summed E-state index contributed by atoms with van der Waals surface area (Å²) in [6.07, 6.45) is 0. The molecule has 110 valence electrons. The monoisotopic (exact) mass is 342 g/mol. The Labute approximate surface area is 125 Å². The molecule has 0 bridgehead atoms. The van der Waals surface area contributed by atoms with Gasteiger partial charge in [0.2, 0.25) is 0 Å². The zero-order valence-electron chi connectivity index (χ0n) is 12.2. The Kier molecular flexibility index (Phi) is 7.18. The van der Waals surface area contributed by atoms with E-state index in [1.807, 2.05) is 50.2 Å². The van der Waals surface area contributed by atoms with E-state index in [9.17, 15) is 4.79 Å². The fourth-order valence-electron chi connectivity index (χ4n) is 1.90. The molecule has 0 spiro atoms. The van der Waals surface area contributed by atoms with Crippen LogP contribution in [0.3, 0.4) is 0 Å². The van der Waals surface area contributed by atoms with Gasteiger partial charge in [-0.2, -0.15) is 0 Å². The molecule has 0 aliphatic carbocycles. The van der Waals surface area contributed by atoms with Gasteiger partial charge in [0.05, 0.1) is 0 Å². The predicted octanol–water partition coefficient (Wildman–Crippen LogP) is 0.513. The summed E-state index contributed by atoms with van der Waals surface area (Å²) in [4.78, 5) is 15.9. The number of rotatable bonds is 7. The molecular weight excluding hydrogens is 321 g/mol. The van der Waals surface area contributed by atoms with E-state index >= 15 is 0 Å². The van der Waals surface area contributed by atoms with Crippen LogP contribution in [0.25, 0.3) is 0 Å². The van der Waals surface area contributed by atoms with Crippen molar-refractivity contribution in [3.63, 3.8) is 0 Å². The number of carbonyl (C=O) groups excluding carboxylic acids is 1. The minimum atomic E-state index is -0.962. The first kappa shape index (κ1) is 17.1. The summed E-state index contributed by atoms with van der Waals surface area (Å²) >= 11 is -0.962. The summed E-state index contributed by atoms with van der Waals surface area (Å²) in [5.74, 6) is 0.0200. The third kappa shape index (κ3) is 5.22. The van der Waals surface area contributed by atoms with Gasteiger partial charge in [0.15, 0.2) is 0 Å². The molecular formula is C13H20GeN2O4. The molecule has 0 aliphatic rings. The molecule has 7 heteroatoms. The van der Waals surface area contributed by atoms with Crippen LogP contribution in [0.2, 0.25) is 0 Å². The first-order valence-electron chi connectivity index (χ1n) is 6.21. The maximum absolute atomic E-state index is 12.3. The molecule has 1 amide bonds. The zero-order chi connectivity index (χ0) is 15.1. The molecule has 0 aliphatic heterocycles.